The van der Waals surface area contributed by atoms with Gasteiger partial charge in [0, 0.05) is 11.8 Å². The largest absolute Gasteiger partial charge is 0.287 e. The number of hydrogen-bond donors (Lipinski definition) is 0. The first-order chi connectivity index (χ1) is 8.59. The zero-order valence-electron chi connectivity index (χ0n) is 9.11. The first-order valence-corrected chi connectivity index (χ1v) is 5.13. The molecule has 2 rings (SSSR count). The van der Waals surface area contributed by atoms with Crippen molar-refractivity contribution >= 4 is 5.78 Å². The average molecular weight is 251 g/mol. The Morgan fingerprint density at radius 1 is 1.17 bits per heavy atom. The van der Waals surface area contributed by atoms with E-state index in [1.165, 1.54) is 12.3 Å². The number of pyridine rings is 1. The fourth-order valence-corrected chi connectivity index (χ4v) is 1.50. The van der Waals surface area contributed by atoms with Crippen LogP contribution in [0.15, 0.2) is 42.6 Å². The third-order valence-corrected chi connectivity index (χ3v) is 2.39. The second-order valence-corrected chi connectivity index (χ2v) is 3.58. The Bertz CT molecular complexity index is 570. The van der Waals surface area contributed by atoms with Crippen molar-refractivity contribution in [1.29, 1.82) is 0 Å². The maximum Gasteiger partial charge on any atom is 0.266 e. The zero-order valence-corrected chi connectivity index (χ0v) is 9.11. The van der Waals surface area contributed by atoms with Gasteiger partial charge in [0.05, 0.1) is 5.56 Å². The molecule has 0 bridgehead atoms. The average Bonchev–Trinajstić information content (AvgIpc) is 2.39. The molecule has 0 saturated heterocycles. The van der Waals surface area contributed by atoms with E-state index in [0.717, 1.165) is 18.2 Å². The summed E-state index contributed by atoms with van der Waals surface area (Å²) in [5.74, 6) is -1.54. The van der Waals surface area contributed by atoms with E-state index in [1.807, 2.05) is 0 Å². The number of benzene rings is 1. The summed E-state index contributed by atoms with van der Waals surface area (Å²) >= 11 is 0. The molecule has 92 valence electrons. The second-order valence-electron chi connectivity index (χ2n) is 3.58. The minimum atomic E-state index is -2.96. The number of aromatic nitrogens is 1. The predicted octanol–water partition coefficient (Wildman–Crippen LogP) is 3.39. The van der Waals surface area contributed by atoms with Gasteiger partial charge in [0.15, 0.2) is 0 Å². The molecule has 0 aliphatic carbocycles. The van der Waals surface area contributed by atoms with Gasteiger partial charge in [-0.15, -0.1) is 0 Å². The van der Waals surface area contributed by atoms with Crippen molar-refractivity contribution in [3.63, 3.8) is 0 Å². The summed E-state index contributed by atoms with van der Waals surface area (Å²) in [5, 5.41) is 0. The van der Waals surface area contributed by atoms with E-state index >= 15 is 0 Å². The highest BCUT2D eigenvalue weighted by atomic mass is 19.3. The fraction of sp³-hybridized carbons (Fsp3) is 0.0769. The first-order valence-electron chi connectivity index (χ1n) is 5.13. The zero-order chi connectivity index (χ0) is 13.1. The van der Waals surface area contributed by atoms with Gasteiger partial charge in [-0.25, -0.2) is 13.2 Å². The first kappa shape index (κ1) is 12.3. The van der Waals surface area contributed by atoms with Crippen LogP contribution in [0.25, 0.3) is 0 Å². The molecular formula is C13H8F3NO. The molecule has 18 heavy (non-hydrogen) atoms. The highest BCUT2D eigenvalue weighted by Crippen LogP contribution is 2.23. The lowest BCUT2D eigenvalue weighted by atomic mass is 10.0. The molecular weight excluding hydrogens is 243 g/mol. The lowest BCUT2D eigenvalue weighted by Crippen LogP contribution is -2.05. The molecule has 0 spiro atoms. The fourth-order valence-electron chi connectivity index (χ4n) is 1.50. The van der Waals surface area contributed by atoms with Crippen LogP contribution in [0.2, 0.25) is 0 Å². The molecule has 1 heterocycles. The van der Waals surface area contributed by atoms with Gasteiger partial charge < -0.3 is 0 Å². The van der Waals surface area contributed by atoms with E-state index in [9.17, 15) is 18.0 Å². The summed E-state index contributed by atoms with van der Waals surface area (Å²) in [4.78, 5) is 15.7. The van der Waals surface area contributed by atoms with E-state index in [-0.39, 0.29) is 11.3 Å². The molecule has 0 atom stereocenters. The van der Waals surface area contributed by atoms with E-state index < -0.39 is 23.6 Å². The van der Waals surface area contributed by atoms with Gasteiger partial charge >= 0.3 is 0 Å². The van der Waals surface area contributed by atoms with Crippen molar-refractivity contribution in [2.24, 2.45) is 0 Å². The summed E-state index contributed by atoms with van der Waals surface area (Å²) in [6.45, 7) is 0. The number of halogens is 3. The third-order valence-electron chi connectivity index (χ3n) is 2.39. The van der Waals surface area contributed by atoms with Crippen LogP contribution in [0.3, 0.4) is 0 Å². The molecule has 0 N–H and O–H groups in total. The highest BCUT2D eigenvalue weighted by Gasteiger charge is 2.17. The molecule has 1 aromatic carbocycles. The van der Waals surface area contributed by atoms with E-state index in [0.29, 0.717) is 0 Å². The Hall–Kier alpha value is -2.17. The Morgan fingerprint density at radius 3 is 2.56 bits per heavy atom. The highest BCUT2D eigenvalue weighted by molar-refractivity contribution is 6.07. The van der Waals surface area contributed by atoms with Crippen molar-refractivity contribution in [2.75, 3.05) is 0 Å². The van der Waals surface area contributed by atoms with Crippen LogP contribution in [-0.4, -0.2) is 10.8 Å². The maximum atomic E-state index is 13.1. The normalized spacial score (nSPS) is 10.7. The summed E-state index contributed by atoms with van der Waals surface area (Å²) in [6, 6.07) is 7.59. The van der Waals surface area contributed by atoms with Crippen molar-refractivity contribution in [3.8, 4) is 0 Å². The molecule has 0 unspecified atom stereocenters. The van der Waals surface area contributed by atoms with Crippen LogP contribution in [-0.2, 0) is 0 Å². The smallest absolute Gasteiger partial charge is 0.266 e. The van der Waals surface area contributed by atoms with Gasteiger partial charge in [-0.05, 0) is 30.3 Å². The van der Waals surface area contributed by atoms with Crippen molar-refractivity contribution in [3.05, 3.63) is 65.2 Å². The van der Waals surface area contributed by atoms with Crippen LogP contribution in [0.5, 0.6) is 0 Å². The molecule has 0 aliphatic heterocycles. The van der Waals surface area contributed by atoms with Crippen molar-refractivity contribution in [2.45, 2.75) is 6.43 Å². The summed E-state index contributed by atoms with van der Waals surface area (Å²) in [5.41, 5.74) is -0.661. The van der Waals surface area contributed by atoms with Gasteiger partial charge in [-0.3, -0.25) is 9.78 Å². The lowest BCUT2D eigenvalue weighted by Gasteiger charge is -2.05. The maximum absolute atomic E-state index is 13.1. The van der Waals surface area contributed by atoms with E-state index in [1.54, 1.807) is 12.1 Å². The molecule has 5 heteroatoms. The number of ketones is 1. The molecule has 1 aromatic heterocycles. The number of carbonyl (C=O) groups is 1. The number of rotatable bonds is 3. The Labute approximate surface area is 101 Å². The van der Waals surface area contributed by atoms with Crippen molar-refractivity contribution in [1.82, 2.24) is 4.98 Å². The summed E-state index contributed by atoms with van der Waals surface area (Å²) in [6.07, 6.45) is -1.54. The van der Waals surface area contributed by atoms with E-state index in [2.05, 4.69) is 4.98 Å². The van der Waals surface area contributed by atoms with E-state index in [4.69, 9.17) is 0 Å². The number of carbonyl (C=O) groups excluding carboxylic acids is 1. The Balaban J connectivity index is 2.41. The van der Waals surface area contributed by atoms with Gasteiger partial charge in [-0.1, -0.05) is 6.07 Å². The number of alkyl halides is 2. The summed E-state index contributed by atoms with van der Waals surface area (Å²) < 4.78 is 38.1. The summed E-state index contributed by atoms with van der Waals surface area (Å²) in [7, 11) is 0. The lowest BCUT2D eigenvalue weighted by molar-refractivity contribution is 0.103. The van der Waals surface area contributed by atoms with Gasteiger partial charge in [0.2, 0.25) is 5.78 Å². The number of nitrogens with zero attached hydrogens (tertiary/aromatic N) is 1. The minimum absolute atomic E-state index is 0.00889. The van der Waals surface area contributed by atoms with Crippen LogP contribution in [0, 0.1) is 5.82 Å². The Morgan fingerprint density at radius 2 is 1.94 bits per heavy atom. The molecule has 0 aliphatic rings. The monoisotopic (exact) mass is 251 g/mol. The second kappa shape index (κ2) is 5.00. The predicted molar refractivity (Wildman–Crippen MR) is 59.0 cm³/mol. The molecule has 2 nitrogen and oxygen atoms in total. The molecule has 0 radical (unpaired) electrons. The van der Waals surface area contributed by atoms with Gasteiger partial charge in [0.1, 0.15) is 11.5 Å². The SMILES string of the molecule is O=C(c1ccc(F)c(C(F)F)c1)c1ccccn1. The standard InChI is InChI=1S/C13H8F3NO/c14-10-5-4-8(7-9(10)13(15)16)12(18)11-3-1-2-6-17-11/h1-7,13H. The number of hydrogen-bond acceptors (Lipinski definition) is 2. The molecule has 0 fully saturated rings. The van der Waals surface area contributed by atoms with Gasteiger partial charge in [0.25, 0.3) is 6.43 Å². The van der Waals surface area contributed by atoms with Crippen LogP contribution >= 0.6 is 0 Å². The topological polar surface area (TPSA) is 30.0 Å². The third kappa shape index (κ3) is 2.40. The quantitative estimate of drug-likeness (QED) is 0.782. The molecule has 2 aromatic rings. The molecule has 0 saturated carbocycles. The Kier molecular flexibility index (Phi) is 3.41. The molecule has 0 amide bonds. The minimum Gasteiger partial charge on any atom is -0.287 e. The van der Waals surface area contributed by atoms with Crippen LogP contribution < -0.4 is 0 Å². The van der Waals surface area contributed by atoms with Crippen LogP contribution in [0.1, 0.15) is 28.0 Å². The van der Waals surface area contributed by atoms with Crippen molar-refractivity contribution < 1.29 is 18.0 Å². The van der Waals surface area contributed by atoms with Crippen LogP contribution in [0.4, 0.5) is 13.2 Å². The van der Waals surface area contributed by atoms with Gasteiger partial charge in [-0.2, -0.15) is 0 Å².